The molecule has 0 atom stereocenters. The third kappa shape index (κ3) is 4.31. The van der Waals surface area contributed by atoms with Crippen molar-refractivity contribution in [1.29, 1.82) is 5.26 Å². The summed E-state index contributed by atoms with van der Waals surface area (Å²) in [5.74, 6) is -0.0432. The zero-order chi connectivity index (χ0) is 19.2. The Morgan fingerprint density at radius 3 is 2.56 bits per heavy atom. The highest BCUT2D eigenvalue weighted by molar-refractivity contribution is 6.07. The number of anilines is 2. The van der Waals surface area contributed by atoms with Crippen LogP contribution in [0.25, 0.3) is 10.9 Å². The summed E-state index contributed by atoms with van der Waals surface area (Å²) in [4.78, 5) is 16.7. The summed E-state index contributed by atoms with van der Waals surface area (Å²) in [5.41, 5.74) is 3.33. The number of amides is 1. The molecular formula is C22H20N4O. The maximum Gasteiger partial charge on any atom is 0.267 e. The average Bonchev–Trinajstić information content (AvgIpc) is 2.69. The Bertz CT molecular complexity index is 1020. The van der Waals surface area contributed by atoms with Gasteiger partial charge in [-0.25, -0.2) is 0 Å². The first kappa shape index (κ1) is 18.2. The zero-order valence-corrected chi connectivity index (χ0v) is 15.2. The number of fused-ring (bicyclic) bond motifs is 1. The van der Waals surface area contributed by atoms with Crippen LogP contribution in [0.5, 0.6) is 0 Å². The molecule has 5 heteroatoms. The predicted octanol–water partition coefficient (Wildman–Crippen LogP) is 4.82. The molecule has 0 saturated heterocycles. The van der Waals surface area contributed by atoms with E-state index in [0.29, 0.717) is 11.6 Å². The lowest BCUT2D eigenvalue weighted by molar-refractivity contribution is -0.112. The van der Waals surface area contributed by atoms with E-state index in [1.807, 2.05) is 60.7 Å². The molecule has 0 radical (unpaired) electrons. The summed E-state index contributed by atoms with van der Waals surface area (Å²) < 4.78 is 0. The zero-order valence-electron chi connectivity index (χ0n) is 15.2. The molecule has 0 fully saturated rings. The Labute approximate surface area is 158 Å². The van der Waals surface area contributed by atoms with Gasteiger partial charge in [0.05, 0.1) is 11.2 Å². The molecular weight excluding hydrogens is 336 g/mol. The van der Waals surface area contributed by atoms with E-state index in [9.17, 15) is 10.1 Å². The minimum absolute atomic E-state index is 0.0177. The lowest BCUT2D eigenvalue weighted by atomic mass is 10.0. The average molecular weight is 356 g/mol. The molecule has 2 N–H and O–H groups in total. The van der Waals surface area contributed by atoms with Gasteiger partial charge in [-0.15, -0.1) is 0 Å². The maximum absolute atomic E-state index is 12.4. The number of benzene rings is 2. The quantitative estimate of drug-likeness (QED) is 0.508. The first-order valence-electron chi connectivity index (χ1n) is 8.70. The van der Waals surface area contributed by atoms with Gasteiger partial charge in [-0.1, -0.05) is 44.2 Å². The van der Waals surface area contributed by atoms with E-state index in [0.717, 1.165) is 16.6 Å². The fourth-order valence-corrected chi connectivity index (χ4v) is 2.67. The Morgan fingerprint density at radius 2 is 1.85 bits per heavy atom. The van der Waals surface area contributed by atoms with E-state index in [-0.39, 0.29) is 5.57 Å². The highest BCUT2D eigenvalue weighted by atomic mass is 16.1. The standard InChI is InChI=1S/C22H20N4O/c1-15(2)16-8-10-19(11-9-16)26-22(27)18(13-23)14-25-20-7-3-5-17-6-4-12-24-21(17)20/h3-12,14-15,25H,1-2H3,(H,26,27)/b18-14-. The number of carbonyl (C=O) groups excluding carboxylic acids is 1. The highest BCUT2D eigenvalue weighted by Crippen LogP contribution is 2.21. The summed E-state index contributed by atoms with van der Waals surface area (Å²) >= 11 is 0. The third-order valence-electron chi connectivity index (χ3n) is 4.21. The summed E-state index contributed by atoms with van der Waals surface area (Å²) in [5, 5.41) is 16.1. The van der Waals surface area contributed by atoms with Gasteiger partial charge in [-0.3, -0.25) is 9.78 Å². The van der Waals surface area contributed by atoms with Crippen molar-refractivity contribution in [2.45, 2.75) is 19.8 Å². The Morgan fingerprint density at radius 1 is 1.11 bits per heavy atom. The van der Waals surface area contributed by atoms with Gasteiger partial charge in [0, 0.05) is 23.5 Å². The van der Waals surface area contributed by atoms with Crippen LogP contribution in [0.4, 0.5) is 11.4 Å². The van der Waals surface area contributed by atoms with Gasteiger partial charge in [-0.2, -0.15) is 5.26 Å². The van der Waals surface area contributed by atoms with E-state index >= 15 is 0 Å². The highest BCUT2D eigenvalue weighted by Gasteiger charge is 2.10. The number of hydrogen-bond donors (Lipinski definition) is 2. The molecule has 0 aliphatic carbocycles. The number of nitrogens with one attached hydrogen (secondary N) is 2. The SMILES string of the molecule is CC(C)c1ccc(NC(=O)/C(C#N)=C\Nc2cccc3cccnc23)cc1. The monoisotopic (exact) mass is 356 g/mol. The normalized spacial score (nSPS) is 11.3. The molecule has 2 aromatic carbocycles. The second-order valence-corrected chi connectivity index (χ2v) is 6.43. The van der Waals surface area contributed by atoms with Crippen molar-refractivity contribution in [3.05, 3.63) is 78.1 Å². The lowest BCUT2D eigenvalue weighted by Gasteiger charge is -2.09. The predicted molar refractivity (Wildman–Crippen MR) is 108 cm³/mol. The minimum atomic E-state index is -0.463. The second kappa shape index (κ2) is 8.15. The van der Waals surface area contributed by atoms with Gasteiger partial charge in [-0.05, 0) is 35.7 Å². The minimum Gasteiger partial charge on any atom is -0.358 e. The molecule has 1 amide bonds. The number of carbonyl (C=O) groups is 1. The van der Waals surface area contributed by atoms with Gasteiger partial charge in [0.15, 0.2) is 0 Å². The van der Waals surface area contributed by atoms with Crippen molar-refractivity contribution < 1.29 is 4.79 Å². The topological polar surface area (TPSA) is 77.8 Å². The van der Waals surface area contributed by atoms with Crippen LogP contribution in [0.2, 0.25) is 0 Å². The summed E-state index contributed by atoms with van der Waals surface area (Å²) in [7, 11) is 0. The van der Waals surface area contributed by atoms with Crippen LogP contribution in [0, 0.1) is 11.3 Å². The van der Waals surface area contributed by atoms with E-state index < -0.39 is 5.91 Å². The smallest absolute Gasteiger partial charge is 0.267 e. The first-order valence-corrected chi connectivity index (χ1v) is 8.70. The van der Waals surface area contributed by atoms with Crippen LogP contribution in [-0.2, 0) is 4.79 Å². The lowest BCUT2D eigenvalue weighted by Crippen LogP contribution is -2.14. The van der Waals surface area contributed by atoms with Crippen LogP contribution in [0.15, 0.2) is 72.6 Å². The molecule has 5 nitrogen and oxygen atoms in total. The van der Waals surface area contributed by atoms with Crippen molar-refractivity contribution in [2.24, 2.45) is 0 Å². The molecule has 0 spiro atoms. The van der Waals surface area contributed by atoms with Crippen molar-refractivity contribution in [2.75, 3.05) is 10.6 Å². The van der Waals surface area contributed by atoms with Crippen LogP contribution in [0.1, 0.15) is 25.3 Å². The van der Waals surface area contributed by atoms with Gasteiger partial charge >= 0.3 is 0 Å². The molecule has 1 heterocycles. The van der Waals surface area contributed by atoms with Crippen LogP contribution >= 0.6 is 0 Å². The number of hydrogen-bond acceptors (Lipinski definition) is 4. The van der Waals surface area contributed by atoms with Gasteiger partial charge in [0.2, 0.25) is 0 Å². The largest absolute Gasteiger partial charge is 0.358 e. The molecule has 0 bridgehead atoms. The molecule has 0 aliphatic heterocycles. The first-order chi connectivity index (χ1) is 13.1. The molecule has 0 unspecified atom stereocenters. The van der Waals surface area contributed by atoms with Crippen molar-refractivity contribution in [3.8, 4) is 6.07 Å². The van der Waals surface area contributed by atoms with E-state index in [1.165, 1.54) is 11.8 Å². The van der Waals surface area contributed by atoms with Crippen LogP contribution < -0.4 is 10.6 Å². The number of rotatable bonds is 5. The fraction of sp³-hybridized carbons (Fsp3) is 0.136. The Balaban J connectivity index is 1.75. The van der Waals surface area contributed by atoms with E-state index in [1.54, 1.807) is 6.20 Å². The van der Waals surface area contributed by atoms with Crippen molar-refractivity contribution >= 4 is 28.2 Å². The Kier molecular flexibility index (Phi) is 5.48. The number of nitrogens with zero attached hydrogens (tertiary/aromatic N) is 2. The maximum atomic E-state index is 12.4. The second-order valence-electron chi connectivity index (χ2n) is 6.43. The van der Waals surface area contributed by atoms with Gasteiger partial charge in [0.1, 0.15) is 11.6 Å². The molecule has 3 aromatic rings. The van der Waals surface area contributed by atoms with E-state index in [4.69, 9.17) is 0 Å². The van der Waals surface area contributed by atoms with Crippen LogP contribution in [0.3, 0.4) is 0 Å². The van der Waals surface area contributed by atoms with Crippen molar-refractivity contribution in [3.63, 3.8) is 0 Å². The third-order valence-corrected chi connectivity index (χ3v) is 4.21. The van der Waals surface area contributed by atoms with Crippen LogP contribution in [-0.4, -0.2) is 10.9 Å². The summed E-state index contributed by atoms with van der Waals surface area (Å²) in [6.07, 6.45) is 3.11. The number of para-hydroxylation sites is 1. The van der Waals surface area contributed by atoms with Gasteiger partial charge in [0.25, 0.3) is 5.91 Å². The summed E-state index contributed by atoms with van der Waals surface area (Å²) in [6, 6.07) is 19.1. The van der Waals surface area contributed by atoms with E-state index in [2.05, 4.69) is 29.5 Å². The molecule has 134 valence electrons. The summed E-state index contributed by atoms with van der Waals surface area (Å²) in [6.45, 7) is 4.22. The molecule has 3 rings (SSSR count). The molecule has 27 heavy (non-hydrogen) atoms. The van der Waals surface area contributed by atoms with Gasteiger partial charge < -0.3 is 10.6 Å². The number of pyridine rings is 1. The Hall–Kier alpha value is -3.65. The number of nitriles is 1. The fourth-order valence-electron chi connectivity index (χ4n) is 2.67. The molecule has 0 aliphatic rings. The molecule has 1 aromatic heterocycles. The van der Waals surface area contributed by atoms with Crippen molar-refractivity contribution in [1.82, 2.24) is 4.98 Å². The molecule has 0 saturated carbocycles. The number of aromatic nitrogens is 1.